The highest BCUT2D eigenvalue weighted by Gasteiger charge is 2.05. The van der Waals surface area contributed by atoms with Gasteiger partial charge in [0.1, 0.15) is 0 Å². The highest BCUT2D eigenvalue weighted by molar-refractivity contribution is 7.84. The molecule has 0 saturated carbocycles. The molecule has 1 N–H and O–H groups in total. The summed E-state index contributed by atoms with van der Waals surface area (Å²) in [5, 5.41) is 3.49. The molecule has 0 amide bonds. The fraction of sp³-hybridized carbons (Fsp3) is 0.538. The minimum atomic E-state index is -0.900. The van der Waals surface area contributed by atoms with Crippen molar-refractivity contribution in [3.8, 4) is 0 Å². The summed E-state index contributed by atoms with van der Waals surface area (Å²) in [7, 11) is -0.900. The zero-order valence-electron chi connectivity index (χ0n) is 10.3. The molecule has 0 aliphatic rings. The number of benzene rings is 1. The number of hydrogen-bond acceptors (Lipinski definition) is 2. The largest absolute Gasteiger partial charge is 0.382 e. The van der Waals surface area contributed by atoms with Crippen molar-refractivity contribution < 1.29 is 4.21 Å². The van der Waals surface area contributed by atoms with Gasteiger partial charge in [0.15, 0.2) is 0 Å². The van der Waals surface area contributed by atoms with Crippen LogP contribution >= 0.6 is 0 Å². The van der Waals surface area contributed by atoms with E-state index in [4.69, 9.17) is 0 Å². The first-order valence-corrected chi connectivity index (χ1v) is 7.43. The highest BCUT2D eigenvalue weighted by atomic mass is 32.2. The molecule has 0 heterocycles. The second-order valence-electron chi connectivity index (χ2n) is 4.02. The van der Waals surface area contributed by atoms with Crippen LogP contribution in [0.15, 0.2) is 29.2 Å². The van der Waals surface area contributed by atoms with E-state index < -0.39 is 10.8 Å². The molecule has 2 atom stereocenters. The van der Waals surface area contributed by atoms with Crippen molar-refractivity contribution in [3.05, 3.63) is 24.3 Å². The van der Waals surface area contributed by atoms with Crippen LogP contribution < -0.4 is 5.32 Å². The van der Waals surface area contributed by atoms with Gasteiger partial charge in [-0.05, 0) is 31.0 Å². The van der Waals surface area contributed by atoms with E-state index in [1.807, 2.05) is 24.3 Å². The Morgan fingerprint density at radius 2 is 2.12 bits per heavy atom. The van der Waals surface area contributed by atoms with Crippen LogP contribution in [0.25, 0.3) is 0 Å². The smallest absolute Gasteiger partial charge is 0.0498 e. The first-order chi connectivity index (χ1) is 7.67. The van der Waals surface area contributed by atoms with Gasteiger partial charge in [-0.15, -0.1) is 0 Å². The van der Waals surface area contributed by atoms with Crippen molar-refractivity contribution in [3.63, 3.8) is 0 Å². The van der Waals surface area contributed by atoms with Crippen molar-refractivity contribution >= 4 is 16.5 Å². The molecule has 1 aromatic carbocycles. The van der Waals surface area contributed by atoms with E-state index in [2.05, 4.69) is 19.2 Å². The summed E-state index contributed by atoms with van der Waals surface area (Å²) in [5.74, 6) is 0. The average molecular weight is 239 g/mol. The Labute approximate surface area is 101 Å². The summed E-state index contributed by atoms with van der Waals surface area (Å²) < 4.78 is 11.4. The minimum absolute atomic E-state index is 0.519. The Morgan fingerprint density at radius 3 is 2.69 bits per heavy atom. The van der Waals surface area contributed by atoms with Crippen LogP contribution in [-0.2, 0) is 10.8 Å². The Balaban J connectivity index is 2.72. The van der Waals surface area contributed by atoms with Crippen LogP contribution in [0.5, 0.6) is 0 Å². The molecule has 1 aromatic rings. The maximum Gasteiger partial charge on any atom is 0.0498 e. The molecule has 0 radical (unpaired) electrons. The maximum absolute atomic E-state index is 11.4. The van der Waals surface area contributed by atoms with Gasteiger partial charge in [0.05, 0.1) is 0 Å². The normalized spacial score (nSPS) is 14.4. The number of anilines is 1. The second kappa shape index (κ2) is 6.69. The molecule has 0 saturated heterocycles. The van der Waals surface area contributed by atoms with Gasteiger partial charge in [0.2, 0.25) is 0 Å². The summed E-state index contributed by atoms with van der Waals surface area (Å²) in [4.78, 5) is 0.886. The third kappa shape index (κ3) is 3.97. The van der Waals surface area contributed by atoms with E-state index in [9.17, 15) is 4.21 Å². The Bertz CT molecular complexity index is 352. The Hall–Kier alpha value is -0.830. The molecule has 16 heavy (non-hydrogen) atoms. The molecule has 3 heteroatoms. The summed E-state index contributed by atoms with van der Waals surface area (Å²) in [6, 6.07) is 8.40. The number of rotatable bonds is 6. The van der Waals surface area contributed by atoms with E-state index in [1.54, 1.807) is 6.26 Å². The summed E-state index contributed by atoms with van der Waals surface area (Å²) >= 11 is 0. The van der Waals surface area contributed by atoms with Gasteiger partial charge in [0, 0.05) is 33.7 Å². The zero-order chi connectivity index (χ0) is 12.0. The molecule has 0 aliphatic heterocycles. The monoisotopic (exact) mass is 239 g/mol. The highest BCUT2D eigenvalue weighted by Crippen LogP contribution is 2.16. The van der Waals surface area contributed by atoms with Crippen LogP contribution in [0.2, 0.25) is 0 Å². The van der Waals surface area contributed by atoms with Crippen LogP contribution in [0.1, 0.15) is 33.1 Å². The standard InChI is InChI=1S/C13H21NOS/c1-4-7-11(5-2)14-12-8-6-9-13(10-12)16(3)15/h6,8-11,14H,4-5,7H2,1-3H3. The van der Waals surface area contributed by atoms with Crippen LogP contribution in [-0.4, -0.2) is 16.5 Å². The van der Waals surface area contributed by atoms with E-state index in [0.29, 0.717) is 6.04 Å². The van der Waals surface area contributed by atoms with Gasteiger partial charge in [-0.3, -0.25) is 4.21 Å². The van der Waals surface area contributed by atoms with Gasteiger partial charge >= 0.3 is 0 Å². The zero-order valence-corrected chi connectivity index (χ0v) is 11.1. The van der Waals surface area contributed by atoms with Crippen LogP contribution in [0.3, 0.4) is 0 Å². The predicted molar refractivity (Wildman–Crippen MR) is 71.4 cm³/mol. The van der Waals surface area contributed by atoms with Gasteiger partial charge in [0.25, 0.3) is 0 Å². The van der Waals surface area contributed by atoms with Gasteiger partial charge < -0.3 is 5.32 Å². The minimum Gasteiger partial charge on any atom is -0.382 e. The Morgan fingerprint density at radius 1 is 1.38 bits per heavy atom. The number of hydrogen-bond donors (Lipinski definition) is 1. The van der Waals surface area contributed by atoms with E-state index in [1.165, 1.54) is 12.8 Å². The molecule has 0 aliphatic carbocycles. The molecular weight excluding hydrogens is 218 g/mol. The van der Waals surface area contributed by atoms with Crippen molar-refractivity contribution in [2.75, 3.05) is 11.6 Å². The Kier molecular flexibility index (Phi) is 5.53. The summed E-state index contributed by atoms with van der Waals surface area (Å²) in [6.45, 7) is 4.39. The molecule has 90 valence electrons. The van der Waals surface area contributed by atoms with E-state index in [-0.39, 0.29) is 0 Å². The third-order valence-electron chi connectivity index (χ3n) is 2.67. The first kappa shape index (κ1) is 13.2. The van der Waals surface area contributed by atoms with Gasteiger partial charge in [-0.25, -0.2) is 0 Å². The molecule has 1 rings (SSSR count). The topological polar surface area (TPSA) is 29.1 Å². The summed E-state index contributed by atoms with van der Waals surface area (Å²) in [6.07, 6.45) is 5.19. The summed E-state index contributed by atoms with van der Waals surface area (Å²) in [5.41, 5.74) is 1.08. The molecule has 0 spiro atoms. The van der Waals surface area contributed by atoms with E-state index >= 15 is 0 Å². The second-order valence-corrected chi connectivity index (χ2v) is 5.40. The van der Waals surface area contributed by atoms with E-state index in [0.717, 1.165) is 17.0 Å². The van der Waals surface area contributed by atoms with Crippen molar-refractivity contribution in [1.29, 1.82) is 0 Å². The third-order valence-corrected chi connectivity index (χ3v) is 3.58. The number of nitrogens with one attached hydrogen (secondary N) is 1. The lowest BCUT2D eigenvalue weighted by atomic mass is 10.1. The molecule has 2 nitrogen and oxygen atoms in total. The van der Waals surface area contributed by atoms with Crippen molar-refractivity contribution in [1.82, 2.24) is 0 Å². The fourth-order valence-electron chi connectivity index (χ4n) is 1.73. The predicted octanol–water partition coefficient (Wildman–Crippen LogP) is 3.41. The lowest BCUT2D eigenvalue weighted by Gasteiger charge is -2.17. The van der Waals surface area contributed by atoms with Crippen molar-refractivity contribution in [2.45, 2.75) is 44.0 Å². The lowest BCUT2D eigenvalue weighted by molar-refractivity contribution is 0.622. The van der Waals surface area contributed by atoms with Crippen molar-refractivity contribution in [2.24, 2.45) is 0 Å². The first-order valence-electron chi connectivity index (χ1n) is 5.87. The molecular formula is C13H21NOS. The fourth-order valence-corrected chi connectivity index (χ4v) is 2.29. The molecule has 0 fully saturated rings. The molecule has 0 aromatic heterocycles. The van der Waals surface area contributed by atoms with Gasteiger partial charge in [-0.1, -0.05) is 26.3 Å². The molecule has 2 unspecified atom stereocenters. The quantitative estimate of drug-likeness (QED) is 0.824. The molecule has 0 bridgehead atoms. The maximum atomic E-state index is 11.4. The SMILES string of the molecule is CCCC(CC)Nc1cccc(S(C)=O)c1. The van der Waals surface area contributed by atoms with Crippen LogP contribution in [0, 0.1) is 0 Å². The van der Waals surface area contributed by atoms with Crippen LogP contribution in [0.4, 0.5) is 5.69 Å². The average Bonchev–Trinajstić information content (AvgIpc) is 2.29. The lowest BCUT2D eigenvalue weighted by Crippen LogP contribution is -2.17. The van der Waals surface area contributed by atoms with Gasteiger partial charge in [-0.2, -0.15) is 0 Å².